The molecule has 1 nitrogen and oxygen atoms in total. The predicted molar refractivity (Wildman–Crippen MR) is 46.7 cm³/mol. The van der Waals surface area contributed by atoms with E-state index >= 15 is 0 Å². The summed E-state index contributed by atoms with van der Waals surface area (Å²) in [5.74, 6) is 0.828. The molecule has 0 atom stereocenters. The van der Waals surface area contributed by atoms with Gasteiger partial charge < -0.3 is 4.74 Å². The highest BCUT2D eigenvalue weighted by atomic mass is 35.5. The Balaban J connectivity index is 2.66. The molecule has 1 aromatic rings. The van der Waals surface area contributed by atoms with Crippen LogP contribution in [-0.2, 0) is 0 Å². The average Bonchev–Trinajstić information content (AvgIpc) is 1.93. The van der Waals surface area contributed by atoms with E-state index in [4.69, 9.17) is 16.3 Å². The minimum Gasteiger partial charge on any atom is -0.484 e. The first-order valence-electron chi connectivity index (χ1n) is 3.42. The molecule has 0 aliphatic carbocycles. The SMILES string of the molecule is C[C](C)Oc1ccc(Cl)cc1. The zero-order valence-corrected chi connectivity index (χ0v) is 7.35. The summed E-state index contributed by atoms with van der Waals surface area (Å²) in [5, 5.41) is 0.728. The predicted octanol–water partition coefficient (Wildman–Crippen LogP) is 3.29. The molecule has 0 fully saturated rings. The summed E-state index contributed by atoms with van der Waals surface area (Å²) >= 11 is 5.69. The van der Waals surface area contributed by atoms with E-state index in [0.29, 0.717) is 0 Å². The zero-order valence-electron chi connectivity index (χ0n) is 6.60. The van der Waals surface area contributed by atoms with Crippen LogP contribution < -0.4 is 4.74 Å². The first-order valence-corrected chi connectivity index (χ1v) is 3.80. The van der Waals surface area contributed by atoms with Crippen molar-refractivity contribution >= 4 is 11.6 Å². The van der Waals surface area contributed by atoms with E-state index in [2.05, 4.69) is 0 Å². The van der Waals surface area contributed by atoms with E-state index in [1.807, 2.05) is 26.0 Å². The van der Waals surface area contributed by atoms with Crippen molar-refractivity contribution < 1.29 is 4.74 Å². The fraction of sp³-hybridized carbons (Fsp3) is 0.222. The fourth-order valence-electron chi connectivity index (χ4n) is 0.738. The Hall–Kier alpha value is -0.690. The first-order chi connectivity index (χ1) is 5.18. The lowest BCUT2D eigenvalue weighted by Crippen LogP contribution is -1.95. The van der Waals surface area contributed by atoms with Gasteiger partial charge in [-0.05, 0) is 38.1 Å². The molecule has 0 unspecified atom stereocenters. The van der Waals surface area contributed by atoms with Crippen molar-refractivity contribution in [2.75, 3.05) is 0 Å². The largest absolute Gasteiger partial charge is 0.484 e. The van der Waals surface area contributed by atoms with Gasteiger partial charge in [-0.25, -0.2) is 0 Å². The van der Waals surface area contributed by atoms with Crippen molar-refractivity contribution in [1.82, 2.24) is 0 Å². The summed E-state index contributed by atoms with van der Waals surface area (Å²) < 4.78 is 5.33. The van der Waals surface area contributed by atoms with Crippen LogP contribution in [-0.4, -0.2) is 0 Å². The van der Waals surface area contributed by atoms with E-state index in [1.165, 1.54) is 0 Å². The lowest BCUT2D eigenvalue weighted by Gasteiger charge is -2.07. The lowest BCUT2D eigenvalue weighted by molar-refractivity contribution is 0.345. The van der Waals surface area contributed by atoms with Crippen molar-refractivity contribution in [2.24, 2.45) is 0 Å². The number of halogens is 1. The smallest absolute Gasteiger partial charge is 0.142 e. The third-order valence-electron chi connectivity index (χ3n) is 1.14. The van der Waals surface area contributed by atoms with Gasteiger partial charge in [-0.1, -0.05) is 11.6 Å². The van der Waals surface area contributed by atoms with Gasteiger partial charge in [0.15, 0.2) is 0 Å². The van der Waals surface area contributed by atoms with Crippen LogP contribution in [0.5, 0.6) is 5.75 Å². The van der Waals surface area contributed by atoms with Gasteiger partial charge in [0.25, 0.3) is 0 Å². The van der Waals surface area contributed by atoms with Gasteiger partial charge in [0.1, 0.15) is 11.9 Å². The Morgan fingerprint density at radius 2 is 1.73 bits per heavy atom. The second kappa shape index (κ2) is 3.63. The molecule has 0 saturated heterocycles. The Morgan fingerprint density at radius 1 is 1.18 bits per heavy atom. The third-order valence-corrected chi connectivity index (χ3v) is 1.39. The van der Waals surface area contributed by atoms with E-state index < -0.39 is 0 Å². The van der Waals surface area contributed by atoms with Crippen molar-refractivity contribution in [3.8, 4) is 5.75 Å². The molecule has 1 rings (SSSR count). The average molecular weight is 170 g/mol. The molecule has 0 aliphatic heterocycles. The molecular weight excluding hydrogens is 160 g/mol. The van der Waals surface area contributed by atoms with E-state index in [9.17, 15) is 0 Å². The molecule has 0 aromatic heterocycles. The van der Waals surface area contributed by atoms with Gasteiger partial charge in [0, 0.05) is 5.02 Å². The highest BCUT2D eigenvalue weighted by Crippen LogP contribution is 2.17. The zero-order chi connectivity index (χ0) is 8.27. The standard InChI is InChI=1S/C9H10ClO/c1-7(2)11-9-5-3-8(10)4-6-9/h3-6H,1-2H3. The molecule has 59 valence electrons. The van der Waals surface area contributed by atoms with Gasteiger partial charge >= 0.3 is 0 Å². The minimum absolute atomic E-state index is 0.728. The topological polar surface area (TPSA) is 9.23 Å². The molecule has 0 bridgehead atoms. The highest BCUT2D eigenvalue weighted by Gasteiger charge is 1.96. The Morgan fingerprint density at radius 3 is 2.18 bits per heavy atom. The van der Waals surface area contributed by atoms with Crippen LogP contribution in [0, 0.1) is 6.10 Å². The molecule has 11 heavy (non-hydrogen) atoms. The highest BCUT2D eigenvalue weighted by molar-refractivity contribution is 6.30. The number of hydrogen-bond acceptors (Lipinski definition) is 1. The Kier molecular flexibility index (Phi) is 2.77. The maximum Gasteiger partial charge on any atom is 0.142 e. The van der Waals surface area contributed by atoms with Gasteiger partial charge in [-0.3, -0.25) is 0 Å². The normalized spacial score (nSPS) is 10.2. The van der Waals surface area contributed by atoms with Gasteiger partial charge in [-0.15, -0.1) is 0 Å². The number of ether oxygens (including phenoxy) is 1. The van der Waals surface area contributed by atoms with E-state index in [0.717, 1.165) is 16.9 Å². The lowest BCUT2D eigenvalue weighted by atomic mass is 10.3. The van der Waals surface area contributed by atoms with Crippen molar-refractivity contribution in [1.29, 1.82) is 0 Å². The maximum absolute atomic E-state index is 5.69. The molecule has 0 N–H and O–H groups in total. The fourth-order valence-corrected chi connectivity index (χ4v) is 0.864. The summed E-state index contributed by atoms with van der Waals surface area (Å²) in [6.45, 7) is 3.82. The monoisotopic (exact) mass is 169 g/mol. The first kappa shape index (κ1) is 8.41. The molecule has 0 spiro atoms. The van der Waals surface area contributed by atoms with Crippen molar-refractivity contribution in [3.63, 3.8) is 0 Å². The summed E-state index contributed by atoms with van der Waals surface area (Å²) in [5.41, 5.74) is 0. The van der Waals surface area contributed by atoms with Gasteiger partial charge in [-0.2, -0.15) is 0 Å². The molecule has 0 saturated carbocycles. The molecule has 1 radical (unpaired) electrons. The van der Waals surface area contributed by atoms with E-state index in [1.54, 1.807) is 12.1 Å². The third kappa shape index (κ3) is 2.81. The van der Waals surface area contributed by atoms with Gasteiger partial charge in [0.2, 0.25) is 0 Å². The van der Waals surface area contributed by atoms with Crippen LogP contribution in [0.4, 0.5) is 0 Å². The quantitative estimate of drug-likeness (QED) is 0.660. The molecule has 0 amide bonds. The number of hydrogen-bond donors (Lipinski definition) is 0. The molecule has 1 aromatic carbocycles. The van der Waals surface area contributed by atoms with Crippen LogP contribution in [0.15, 0.2) is 24.3 Å². The number of benzene rings is 1. The molecule has 2 heteroatoms. The Labute approximate surface area is 71.9 Å². The van der Waals surface area contributed by atoms with E-state index in [-0.39, 0.29) is 0 Å². The van der Waals surface area contributed by atoms with Crippen LogP contribution in [0.1, 0.15) is 13.8 Å². The van der Waals surface area contributed by atoms with Crippen LogP contribution in [0.25, 0.3) is 0 Å². The van der Waals surface area contributed by atoms with Crippen molar-refractivity contribution in [2.45, 2.75) is 13.8 Å². The van der Waals surface area contributed by atoms with Crippen LogP contribution in [0.3, 0.4) is 0 Å². The summed E-state index contributed by atoms with van der Waals surface area (Å²) in [6, 6.07) is 7.30. The van der Waals surface area contributed by atoms with Crippen LogP contribution in [0.2, 0.25) is 5.02 Å². The second-order valence-corrected chi connectivity index (χ2v) is 2.90. The second-order valence-electron chi connectivity index (χ2n) is 2.46. The Bertz CT molecular complexity index is 216. The summed E-state index contributed by atoms with van der Waals surface area (Å²) in [6.07, 6.45) is 0.923. The minimum atomic E-state index is 0.728. The van der Waals surface area contributed by atoms with Crippen LogP contribution >= 0.6 is 11.6 Å². The van der Waals surface area contributed by atoms with Gasteiger partial charge in [0.05, 0.1) is 0 Å². The van der Waals surface area contributed by atoms with Crippen molar-refractivity contribution in [3.05, 3.63) is 35.4 Å². The maximum atomic E-state index is 5.69. The molecule has 0 aliphatic rings. The molecule has 0 heterocycles. The number of rotatable bonds is 2. The molecular formula is C9H10ClO. The summed E-state index contributed by atoms with van der Waals surface area (Å²) in [7, 11) is 0. The summed E-state index contributed by atoms with van der Waals surface area (Å²) in [4.78, 5) is 0.